The highest BCUT2D eigenvalue weighted by Gasteiger charge is 2.70. The Morgan fingerprint density at radius 2 is 1.58 bits per heavy atom. The summed E-state index contributed by atoms with van der Waals surface area (Å²) in [6.45, 7) is 2.22. The molecule has 0 spiro atoms. The molecule has 0 aromatic heterocycles. The Morgan fingerprint density at radius 3 is 2.28 bits per heavy atom. The number of urea groups is 1. The molecule has 184 valence electrons. The number of aliphatic hydroxyl groups excluding tert-OH is 1. The van der Waals surface area contributed by atoms with E-state index in [0.717, 1.165) is 24.9 Å². The third-order valence-electron chi connectivity index (χ3n) is 8.68. The Kier molecular flexibility index (Phi) is 5.81. The number of nitrogens with zero attached hydrogens (tertiary/aromatic N) is 2. The van der Waals surface area contributed by atoms with Crippen molar-refractivity contribution in [3.8, 4) is 0 Å². The van der Waals surface area contributed by atoms with Crippen molar-refractivity contribution in [2.75, 3.05) is 18.4 Å². The Morgan fingerprint density at radius 1 is 0.917 bits per heavy atom. The minimum absolute atomic E-state index is 0.0169. The molecule has 36 heavy (non-hydrogen) atoms. The maximum Gasteiger partial charge on any atom is 0.321 e. The third-order valence-corrected chi connectivity index (χ3v) is 8.68. The van der Waals surface area contributed by atoms with Crippen LogP contribution in [0.5, 0.6) is 0 Å². The fourth-order valence-electron chi connectivity index (χ4n) is 6.77. The van der Waals surface area contributed by atoms with Crippen molar-refractivity contribution in [1.82, 2.24) is 9.80 Å². The summed E-state index contributed by atoms with van der Waals surface area (Å²) in [4.78, 5) is 17.7. The van der Waals surface area contributed by atoms with E-state index in [4.69, 9.17) is 0 Å². The largest absolute Gasteiger partial charge is 0.392 e. The topological polar surface area (TPSA) is 55.8 Å². The molecule has 2 atom stereocenters. The number of nitrogens with one attached hydrogen (secondary N) is 1. The van der Waals surface area contributed by atoms with Gasteiger partial charge in [0, 0.05) is 42.2 Å². The molecule has 1 saturated heterocycles. The van der Waals surface area contributed by atoms with Crippen molar-refractivity contribution in [2.45, 2.75) is 43.4 Å². The average molecular weight is 480 g/mol. The van der Waals surface area contributed by atoms with Gasteiger partial charge < -0.3 is 20.2 Å². The quantitative estimate of drug-likeness (QED) is 0.489. The van der Waals surface area contributed by atoms with Gasteiger partial charge in [-0.15, -0.1) is 0 Å². The van der Waals surface area contributed by atoms with Crippen molar-refractivity contribution in [3.05, 3.63) is 114 Å². The Labute approximate surface area is 213 Å². The SMILES string of the molecule is O=C(Nc1ccccc1CO)N1CCC(c2ccccc2)(C23CC2C=CN3Cc2ccccc2)CC1. The van der Waals surface area contributed by atoms with Crippen LogP contribution >= 0.6 is 0 Å². The first-order valence-corrected chi connectivity index (χ1v) is 13.0. The van der Waals surface area contributed by atoms with E-state index in [2.05, 4.69) is 83.2 Å². The zero-order chi connectivity index (χ0) is 24.6. The van der Waals surface area contributed by atoms with Crippen molar-refractivity contribution < 1.29 is 9.90 Å². The van der Waals surface area contributed by atoms with E-state index in [1.54, 1.807) is 0 Å². The van der Waals surface area contributed by atoms with E-state index >= 15 is 0 Å². The predicted octanol–water partition coefficient (Wildman–Crippen LogP) is 5.53. The number of para-hydroxylation sites is 1. The van der Waals surface area contributed by atoms with Crippen molar-refractivity contribution in [1.29, 1.82) is 0 Å². The number of fused-ring (bicyclic) bond motifs is 1. The lowest BCUT2D eigenvalue weighted by Gasteiger charge is -2.51. The zero-order valence-corrected chi connectivity index (χ0v) is 20.5. The highest BCUT2D eigenvalue weighted by atomic mass is 16.3. The lowest BCUT2D eigenvalue weighted by atomic mass is 9.64. The molecule has 6 rings (SSSR count). The van der Waals surface area contributed by atoms with E-state index in [0.29, 0.717) is 24.7 Å². The molecule has 2 amide bonds. The number of carbonyl (C=O) groups is 1. The van der Waals surface area contributed by atoms with Crippen LogP contribution in [0, 0.1) is 5.92 Å². The van der Waals surface area contributed by atoms with Crippen LogP contribution in [0.4, 0.5) is 10.5 Å². The van der Waals surface area contributed by atoms with Gasteiger partial charge in [0.15, 0.2) is 0 Å². The highest BCUT2D eigenvalue weighted by molar-refractivity contribution is 5.90. The maximum atomic E-state index is 13.2. The minimum Gasteiger partial charge on any atom is -0.392 e. The fourth-order valence-corrected chi connectivity index (χ4v) is 6.77. The van der Waals surface area contributed by atoms with Crippen LogP contribution in [0.1, 0.15) is 36.0 Å². The Bertz CT molecular complexity index is 1250. The van der Waals surface area contributed by atoms with Crippen LogP contribution in [-0.2, 0) is 18.6 Å². The Balaban J connectivity index is 1.26. The first-order chi connectivity index (χ1) is 17.7. The zero-order valence-electron chi connectivity index (χ0n) is 20.5. The highest BCUT2D eigenvalue weighted by Crippen LogP contribution is 2.66. The van der Waals surface area contributed by atoms with Crippen LogP contribution < -0.4 is 5.32 Å². The number of carbonyl (C=O) groups excluding carboxylic acids is 1. The molecule has 2 N–H and O–H groups in total. The summed E-state index contributed by atoms with van der Waals surface area (Å²) in [5.41, 5.74) is 4.18. The van der Waals surface area contributed by atoms with Crippen LogP contribution in [0.3, 0.4) is 0 Å². The summed E-state index contributed by atoms with van der Waals surface area (Å²) < 4.78 is 0. The number of aliphatic hydroxyl groups is 1. The van der Waals surface area contributed by atoms with Crippen LogP contribution in [0.2, 0.25) is 0 Å². The molecule has 0 bridgehead atoms. The molecule has 1 aliphatic carbocycles. The molecule has 3 aliphatic rings. The number of hydrogen-bond donors (Lipinski definition) is 2. The van der Waals surface area contributed by atoms with Gasteiger partial charge in [-0.2, -0.15) is 0 Å². The maximum absolute atomic E-state index is 13.2. The molecule has 5 heteroatoms. The second-order valence-corrected chi connectivity index (χ2v) is 10.4. The van der Waals surface area contributed by atoms with Gasteiger partial charge in [0.05, 0.1) is 12.1 Å². The summed E-state index contributed by atoms with van der Waals surface area (Å²) in [6, 6.07) is 29.1. The van der Waals surface area contributed by atoms with Gasteiger partial charge in [-0.05, 0) is 42.7 Å². The smallest absolute Gasteiger partial charge is 0.321 e. The summed E-state index contributed by atoms with van der Waals surface area (Å²) in [6.07, 6.45) is 7.74. The number of likely N-dealkylation sites (tertiary alicyclic amines) is 1. The van der Waals surface area contributed by atoms with E-state index in [1.165, 1.54) is 17.5 Å². The standard InChI is InChI=1S/C31H33N3O2/c35-23-25-11-7-8-14-28(25)32-29(36)33-19-16-30(17-20-33,26-12-5-2-6-13-26)31-21-27(31)15-18-34(31)22-24-9-3-1-4-10-24/h1-15,18,27,35H,16-17,19-23H2,(H,32,36). The summed E-state index contributed by atoms with van der Waals surface area (Å²) in [5.74, 6) is 0.554. The molecule has 0 radical (unpaired) electrons. The van der Waals surface area contributed by atoms with Crippen LogP contribution in [0.15, 0.2) is 97.2 Å². The number of amides is 2. The van der Waals surface area contributed by atoms with E-state index in [1.807, 2.05) is 29.2 Å². The monoisotopic (exact) mass is 479 g/mol. The summed E-state index contributed by atoms with van der Waals surface area (Å²) in [5, 5.41) is 12.7. The average Bonchev–Trinajstić information content (AvgIpc) is 3.59. The van der Waals surface area contributed by atoms with Crippen molar-refractivity contribution in [3.63, 3.8) is 0 Å². The van der Waals surface area contributed by atoms with Gasteiger partial charge in [0.25, 0.3) is 0 Å². The second-order valence-electron chi connectivity index (χ2n) is 10.4. The number of benzene rings is 3. The molecular formula is C31H33N3O2. The lowest BCUT2D eigenvalue weighted by Crippen LogP contribution is -2.57. The Hall–Kier alpha value is -3.57. The normalized spacial score (nSPS) is 23.9. The first-order valence-electron chi connectivity index (χ1n) is 13.0. The molecule has 2 aliphatic heterocycles. The molecule has 1 saturated carbocycles. The van der Waals surface area contributed by atoms with Crippen LogP contribution in [0.25, 0.3) is 0 Å². The molecule has 2 fully saturated rings. The molecule has 3 aromatic carbocycles. The van der Waals surface area contributed by atoms with E-state index in [-0.39, 0.29) is 23.6 Å². The molecule has 5 nitrogen and oxygen atoms in total. The van der Waals surface area contributed by atoms with E-state index in [9.17, 15) is 9.90 Å². The van der Waals surface area contributed by atoms with Gasteiger partial charge in [-0.1, -0.05) is 84.9 Å². The number of hydrogen-bond acceptors (Lipinski definition) is 3. The molecule has 3 aromatic rings. The first kappa shape index (κ1) is 22.9. The van der Waals surface area contributed by atoms with Gasteiger partial charge in [-0.3, -0.25) is 0 Å². The van der Waals surface area contributed by atoms with Gasteiger partial charge in [-0.25, -0.2) is 4.79 Å². The van der Waals surface area contributed by atoms with Crippen LogP contribution in [-0.4, -0.2) is 39.6 Å². The van der Waals surface area contributed by atoms with Crippen molar-refractivity contribution in [2.24, 2.45) is 5.92 Å². The third kappa shape index (κ3) is 3.70. The van der Waals surface area contributed by atoms with Crippen molar-refractivity contribution >= 4 is 11.7 Å². The van der Waals surface area contributed by atoms with Gasteiger partial charge >= 0.3 is 6.03 Å². The second kappa shape index (κ2) is 9.14. The predicted molar refractivity (Wildman–Crippen MR) is 142 cm³/mol. The number of anilines is 1. The minimum atomic E-state index is -0.0955. The summed E-state index contributed by atoms with van der Waals surface area (Å²) in [7, 11) is 0. The van der Waals surface area contributed by atoms with Gasteiger partial charge in [0.1, 0.15) is 0 Å². The number of piperidine rings is 1. The molecule has 2 heterocycles. The summed E-state index contributed by atoms with van der Waals surface area (Å²) >= 11 is 0. The molecular weight excluding hydrogens is 446 g/mol. The fraction of sp³-hybridized carbons (Fsp3) is 0.323. The lowest BCUT2D eigenvalue weighted by molar-refractivity contribution is 0.0769. The van der Waals surface area contributed by atoms with E-state index < -0.39 is 0 Å². The number of rotatable bonds is 6. The van der Waals surface area contributed by atoms with Gasteiger partial charge in [0.2, 0.25) is 0 Å². The molecule has 2 unspecified atom stereocenters.